The third kappa shape index (κ3) is 2.56. The number of benzene rings is 1. The van der Waals surface area contributed by atoms with Gasteiger partial charge in [0, 0.05) is 18.5 Å². The molecule has 1 aromatic rings. The third-order valence-corrected chi connectivity index (χ3v) is 2.89. The van der Waals surface area contributed by atoms with E-state index >= 15 is 0 Å². The standard InChI is InChI=1S/C13H14N2O3/c16-9-10-5-1-2-6-11(10)13(18)14-15-8-4-3-7-12(15)17/h1-2,5-6,9H,3-4,7-8H2,(H,14,18). The smallest absolute Gasteiger partial charge is 0.270 e. The predicted molar refractivity (Wildman–Crippen MR) is 64.9 cm³/mol. The third-order valence-electron chi connectivity index (χ3n) is 2.89. The highest BCUT2D eigenvalue weighted by atomic mass is 16.2. The molecule has 18 heavy (non-hydrogen) atoms. The van der Waals surface area contributed by atoms with Gasteiger partial charge in [-0.1, -0.05) is 18.2 Å². The zero-order valence-electron chi connectivity index (χ0n) is 9.89. The summed E-state index contributed by atoms with van der Waals surface area (Å²) in [5.74, 6) is -0.508. The first kappa shape index (κ1) is 12.3. The van der Waals surface area contributed by atoms with Crippen LogP contribution in [0.5, 0.6) is 0 Å². The zero-order chi connectivity index (χ0) is 13.0. The lowest BCUT2D eigenvalue weighted by Crippen LogP contribution is -2.48. The van der Waals surface area contributed by atoms with Gasteiger partial charge in [-0.15, -0.1) is 0 Å². The van der Waals surface area contributed by atoms with Crippen LogP contribution in [-0.4, -0.2) is 29.7 Å². The van der Waals surface area contributed by atoms with Crippen LogP contribution in [0.4, 0.5) is 0 Å². The molecule has 1 aliphatic heterocycles. The molecule has 1 fully saturated rings. The normalized spacial score (nSPS) is 15.3. The van der Waals surface area contributed by atoms with E-state index in [4.69, 9.17) is 0 Å². The summed E-state index contributed by atoms with van der Waals surface area (Å²) in [6.07, 6.45) is 2.82. The van der Waals surface area contributed by atoms with E-state index in [9.17, 15) is 14.4 Å². The average molecular weight is 246 g/mol. The molecular formula is C13H14N2O3. The van der Waals surface area contributed by atoms with Crippen molar-refractivity contribution in [3.63, 3.8) is 0 Å². The van der Waals surface area contributed by atoms with Crippen LogP contribution in [0.3, 0.4) is 0 Å². The van der Waals surface area contributed by atoms with Crippen molar-refractivity contribution >= 4 is 18.1 Å². The van der Waals surface area contributed by atoms with Crippen LogP contribution in [0.2, 0.25) is 0 Å². The van der Waals surface area contributed by atoms with Gasteiger partial charge in [0.15, 0.2) is 6.29 Å². The molecule has 5 nitrogen and oxygen atoms in total. The first-order valence-corrected chi connectivity index (χ1v) is 5.88. The number of carbonyl (C=O) groups is 3. The maximum Gasteiger partial charge on any atom is 0.270 e. The van der Waals surface area contributed by atoms with Crippen LogP contribution in [-0.2, 0) is 4.79 Å². The topological polar surface area (TPSA) is 66.5 Å². The Kier molecular flexibility index (Phi) is 3.72. The van der Waals surface area contributed by atoms with E-state index in [0.29, 0.717) is 24.8 Å². The Morgan fingerprint density at radius 2 is 2.06 bits per heavy atom. The molecule has 1 saturated heterocycles. The monoisotopic (exact) mass is 246 g/mol. The molecule has 0 aliphatic carbocycles. The van der Waals surface area contributed by atoms with Gasteiger partial charge < -0.3 is 0 Å². The number of amides is 2. The number of piperidine rings is 1. The predicted octanol–water partition coefficient (Wildman–Crippen LogP) is 1.16. The lowest BCUT2D eigenvalue weighted by molar-refractivity contribution is -0.135. The molecule has 2 rings (SSSR count). The minimum atomic E-state index is -0.423. The highest BCUT2D eigenvalue weighted by Gasteiger charge is 2.21. The van der Waals surface area contributed by atoms with Crippen molar-refractivity contribution in [3.05, 3.63) is 35.4 Å². The Morgan fingerprint density at radius 1 is 1.28 bits per heavy atom. The lowest BCUT2D eigenvalue weighted by atomic mass is 10.1. The maximum atomic E-state index is 12.0. The largest absolute Gasteiger partial charge is 0.298 e. The second kappa shape index (κ2) is 5.44. The molecule has 1 aromatic carbocycles. The van der Waals surface area contributed by atoms with Gasteiger partial charge in [0.05, 0.1) is 5.56 Å². The van der Waals surface area contributed by atoms with Crippen LogP contribution in [0.25, 0.3) is 0 Å². The second-order valence-electron chi connectivity index (χ2n) is 4.15. The van der Waals surface area contributed by atoms with Crippen molar-refractivity contribution in [2.45, 2.75) is 19.3 Å². The van der Waals surface area contributed by atoms with Gasteiger partial charge >= 0.3 is 0 Å². The Morgan fingerprint density at radius 3 is 2.78 bits per heavy atom. The summed E-state index contributed by atoms with van der Waals surface area (Å²) >= 11 is 0. The van der Waals surface area contributed by atoms with Crippen molar-refractivity contribution in [2.75, 3.05) is 6.54 Å². The summed E-state index contributed by atoms with van der Waals surface area (Å²) in [6.45, 7) is 0.522. The number of nitrogens with one attached hydrogen (secondary N) is 1. The van der Waals surface area contributed by atoms with Gasteiger partial charge in [0.2, 0.25) is 5.91 Å². The Balaban J connectivity index is 2.11. The van der Waals surface area contributed by atoms with Crippen molar-refractivity contribution in [1.29, 1.82) is 0 Å². The fraction of sp³-hybridized carbons (Fsp3) is 0.308. The van der Waals surface area contributed by atoms with E-state index in [1.807, 2.05) is 0 Å². The van der Waals surface area contributed by atoms with Gasteiger partial charge in [0.25, 0.3) is 5.91 Å². The molecule has 0 spiro atoms. The van der Waals surface area contributed by atoms with Crippen LogP contribution in [0.15, 0.2) is 24.3 Å². The van der Waals surface area contributed by atoms with Crippen LogP contribution in [0.1, 0.15) is 40.0 Å². The first-order chi connectivity index (χ1) is 8.72. The first-order valence-electron chi connectivity index (χ1n) is 5.88. The number of hydrazine groups is 1. The number of rotatable bonds is 3. The molecule has 2 amide bonds. The molecule has 94 valence electrons. The summed E-state index contributed by atoms with van der Waals surface area (Å²) in [6, 6.07) is 6.50. The van der Waals surface area contributed by atoms with E-state index in [0.717, 1.165) is 12.8 Å². The Bertz CT molecular complexity index is 485. The SMILES string of the molecule is O=Cc1ccccc1C(=O)NN1CCCCC1=O. The zero-order valence-corrected chi connectivity index (χ0v) is 9.89. The fourth-order valence-corrected chi connectivity index (χ4v) is 1.91. The van der Waals surface area contributed by atoms with Crippen LogP contribution < -0.4 is 5.43 Å². The molecule has 1 aliphatic rings. The molecule has 5 heteroatoms. The minimum absolute atomic E-state index is 0.0850. The highest BCUT2D eigenvalue weighted by molar-refractivity contribution is 6.01. The summed E-state index contributed by atoms with van der Waals surface area (Å²) < 4.78 is 0. The van der Waals surface area contributed by atoms with Crippen LogP contribution >= 0.6 is 0 Å². The van der Waals surface area contributed by atoms with Gasteiger partial charge in [-0.25, -0.2) is 0 Å². The summed E-state index contributed by atoms with van der Waals surface area (Å²) in [5, 5.41) is 1.33. The number of hydrogen-bond acceptors (Lipinski definition) is 3. The summed E-state index contributed by atoms with van der Waals surface area (Å²) in [7, 11) is 0. The van der Waals surface area contributed by atoms with Crippen molar-refractivity contribution in [1.82, 2.24) is 10.4 Å². The minimum Gasteiger partial charge on any atom is -0.298 e. The van der Waals surface area contributed by atoms with Crippen LogP contribution in [0, 0.1) is 0 Å². The van der Waals surface area contributed by atoms with Gasteiger partial charge in [0.1, 0.15) is 0 Å². The highest BCUT2D eigenvalue weighted by Crippen LogP contribution is 2.10. The number of carbonyl (C=O) groups excluding carboxylic acids is 3. The Labute approximate surface area is 105 Å². The van der Waals surface area contributed by atoms with Gasteiger partial charge in [-0.2, -0.15) is 0 Å². The summed E-state index contributed by atoms with van der Waals surface area (Å²) in [4.78, 5) is 34.4. The second-order valence-corrected chi connectivity index (χ2v) is 4.15. The number of nitrogens with zero attached hydrogens (tertiary/aromatic N) is 1. The average Bonchev–Trinajstić information content (AvgIpc) is 2.41. The summed E-state index contributed by atoms with van der Waals surface area (Å²) in [5.41, 5.74) is 3.15. The molecular weight excluding hydrogens is 232 g/mol. The molecule has 0 saturated carbocycles. The lowest BCUT2D eigenvalue weighted by Gasteiger charge is -2.27. The number of aldehydes is 1. The molecule has 0 radical (unpaired) electrons. The fourth-order valence-electron chi connectivity index (χ4n) is 1.91. The van der Waals surface area contributed by atoms with E-state index < -0.39 is 5.91 Å². The molecule has 0 unspecified atom stereocenters. The van der Waals surface area contributed by atoms with E-state index in [1.165, 1.54) is 5.01 Å². The molecule has 0 atom stereocenters. The van der Waals surface area contributed by atoms with Crippen molar-refractivity contribution in [2.24, 2.45) is 0 Å². The molecule has 1 heterocycles. The molecule has 1 N–H and O–H groups in total. The van der Waals surface area contributed by atoms with Gasteiger partial charge in [-0.3, -0.25) is 24.8 Å². The van der Waals surface area contributed by atoms with Gasteiger partial charge in [-0.05, 0) is 18.9 Å². The van der Waals surface area contributed by atoms with Crippen molar-refractivity contribution in [3.8, 4) is 0 Å². The maximum absolute atomic E-state index is 12.0. The quantitative estimate of drug-likeness (QED) is 0.814. The number of hydrogen-bond donors (Lipinski definition) is 1. The van der Waals surface area contributed by atoms with E-state index in [1.54, 1.807) is 24.3 Å². The van der Waals surface area contributed by atoms with E-state index in [2.05, 4.69) is 5.43 Å². The van der Waals surface area contributed by atoms with E-state index in [-0.39, 0.29) is 11.5 Å². The molecule has 0 bridgehead atoms. The van der Waals surface area contributed by atoms with Crippen molar-refractivity contribution < 1.29 is 14.4 Å². The molecule has 0 aromatic heterocycles. The Hall–Kier alpha value is -2.17.